The van der Waals surface area contributed by atoms with Crippen LogP contribution in [0.1, 0.15) is 225 Å². The van der Waals surface area contributed by atoms with Gasteiger partial charge in [0, 0.05) is 0 Å². The molecule has 0 aromatic carbocycles. The standard InChI is InChI=1S/C13H24O.2C12H24O2.C12H24O.CH4/c1-10(2)9-12(4)14-13-7-5-11(3)6-8-13;2*1-9(2)8-10(3)14-12-6-4-11(13)5-7-12;1-10(2)9-11(3)13-12-7-5-4-6-8-12;/h10,12-13H,3,5-9H2,1-2,4H3;2*9-13H,4-8H2,1-3H3;10-12H,4-9H2,1-3H3;1H4/t12-;2*10-,11?,12?;11-;/m1111./s1. The minimum atomic E-state index is -0.0738. The predicted molar refractivity (Wildman–Crippen MR) is 242 cm³/mol. The van der Waals surface area contributed by atoms with Gasteiger partial charge in [-0.15, -0.1) is 0 Å². The maximum atomic E-state index is 9.35. The molecule has 4 saturated carbocycles. The van der Waals surface area contributed by atoms with Gasteiger partial charge in [0.15, 0.2) is 0 Å². The van der Waals surface area contributed by atoms with E-state index in [1.165, 1.54) is 76.2 Å². The number of ether oxygens (including phenoxy) is 4. The van der Waals surface area contributed by atoms with Gasteiger partial charge in [-0.3, -0.25) is 0 Å². The van der Waals surface area contributed by atoms with Gasteiger partial charge in [0.2, 0.25) is 0 Å². The van der Waals surface area contributed by atoms with Crippen LogP contribution in [0.4, 0.5) is 0 Å². The number of rotatable bonds is 16. The summed E-state index contributed by atoms with van der Waals surface area (Å²) in [6.07, 6.45) is 27.2. The van der Waals surface area contributed by atoms with Gasteiger partial charge in [-0.05, 0) is 167 Å². The maximum Gasteiger partial charge on any atom is 0.0584 e. The molecule has 56 heavy (non-hydrogen) atoms. The van der Waals surface area contributed by atoms with Gasteiger partial charge in [-0.2, -0.15) is 0 Å². The summed E-state index contributed by atoms with van der Waals surface area (Å²) in [5.74, 6) is 2.92. The van der Waals surface area contributed by atoms with E-state index in [2.05, 4.69) is 89.7 Å². The molecule has 4 fully saturated rings. The molecule has 0 spiro atoms. The Hall–Kier alpha value is -0.500. The zero-order valence-electron chi connectivity index (χ0n) is 38.7. The Morgan fingerprint density at radius 2 is 0.661 bits per heavy atom. The molecule has 4 aliphatic rings. The first-order valence-electron chi connectivity index (χ1n) is 23.6. The van der Waals surface area contributed by atoms with Gasteiger partial charge in [-0.25, -0.2) is 0 Å². The Kier molecular flexibility index (Phi) is 32.0. The fraction of sp³-hybridized carbons (Fsp3) is 0.960. The van der Waals surface area contributed by atoms with Gasteiger partial charge in [-0.1, -0.05) is 94.2 Å². The van der Waals surface area contributed by atoms with Crippen molar-refractivity contribution in [3.8, 4) is 0 Å². The molecule has 4 atom stereocenters. The quantitative estimate of drug-likeness (QED) is 0.152. The van der Waals surface area contributed by atoms with E-state index in [1.54, 1.807) is 0 Å². The third-order valence-electron chi connectivity index (χ3n) is 11.4. The molecule has 4 aliphatic carbocycles. The molecule has 6 nitrogen and oxygen atoms in total. The van der Waals surface area contributed by atoms with Gasteiger partial charge >= 0.3 is 0 Å². The van der Waals surface area contributed by atoms with E-state index in [0.29, 0.717) is 60.7 Å². The molecule has 0 heterocycles. The lowest BCUT2D eigenvalue weighted by atomic mass is 9.93. The highest BCUT2D eigenvalue weighted by atomic mass is 16.5. The molecule has 0 aromatic heterocycles. The summed E-state index contributed by atoms with van der Waals surface area (Å²) in [6.45, 7) is 30.7. The second-order valence-corrected chi connectivity index (χ2v) is 19.9. The Morgan fingerprint density at radius 1 is 0.411 bits per heavy atom. The fourth-order valence-electron chi connectivity index (χ4n) is 8.89. The number of allylic oxidation sites excluding steroid dienone is 1. The lowest BCUT2D eigenvalue weighted by molar-refractivity contribution is -0.0471. The van der Waals surface area contributed by atoms with Crippen LogP contribution in [0.3, 0.4) is 0 Å². The monoisotopic (exact) mass is 797 g/mol. The first-order chi connectivity index (χ1) is 25.9. The summed E-state index contributed by atoms with van der Waals surface area (Å²) >= 11 is 0. The molecule has 2 N–H and O–H groups in total. The van der Waals surface area contributed by atoms with Crippen LogP contribution in [0.5, 0.6) is 0 Å². The SMILES string of the molecule is C.C=C1CCC(O[C@H](C)CC(C)C)CC1.CC(C)C[C@@H](C)OC1CCC(O)CC1.CC(C)C[C@@H](C)OC1CCC(O)CC1.CC(C)C[C@@H](C)OC1CCCCC1. The van der Waals surface area contributed by atoms with Crippen LogP contribution in [0.25, 0.3) is 0 Å². The topological polar surface area (TPSA) is 77.4 Å². The Morgan fingerprint density at radius 3 is 0.929 bits per heavy atom. The molecule has 0 amide bonds. The molecule has 336 valence electrons. The van der Waals surface area contributed by atoms with Crippen LogP contribution in [0.15, 0.2) is 12.2 Å². The van der Waals surface area contributed by atoms with E-state index in [-0.39, 0.29) is 19.6 Å². The van der Waals surface area contributed by atoms with E-state index >= 15 is 0 Å². The lowest BCUT2D eigenvalue weighted by Gasteiger charge is -2.28. The molecule has 0 aliphatic heterocycles. The normalized spacial score (nSPS) is 25.9. The van der Waals surface area contributed by atoms with Gasteiger partial charge in [0.25, 0.3) is 0 Å². The molecule has 0 bridgehead atoms. The van der Waals surface area contributed by atoms with E-state index in [0.717, 1.165) is 76.0 Å². The summed E-state index contributed by atoms with van der Waals surface area (Å²) in [5, 5.41) is 18.7. The number of aliphatic hydroxyl groups is 2. The van der Waals surface area contributed by atoms with Crippen molar-refractivity contribution in [2.75, 3.05) is 0 Å². The van der Waals surface area contributed by atoms with Crippen LogP contribution < -0.4 is 0 Å². The smallest absolute Gasteiger partial charge is 0.0584 e. The van der Waals surface area contributed by atoms with Crippen LogP contribution in [-0.4, -0.2) is 71.3 Å². The number of aliphatic hydroxyl groups excluding tert-OH is 2. The Bertz CT molecular complexity index is 851. The first kappa shape index (κ1) is 55.5. The van der Waals surface area contributed by atoms with Gasteiger partial charge in [0.1, 0.15) is 0 Å². The van der Waals surface area contributed by atoms with E-state index in [9.17, 15) is 10.2 Å². The summed E-state index contributed by atoms with van der Waals surface area (Å²) in [4.78, 5) is 0. The first-order valence-corrected chi connectivity index (χ1v) is 23.6. The number of hydrogen-bond acceptors (Lipinski definition) is 6. The second kappa shape index (κ2) is 32.3. The molecule has 6 heteroatoms. The zero-order chi connectivity index (χ0) is 41.3. The van der Waals surface area contributed by atoms with Gasteiger partial charge < -0.3 is 29.2 Å². The minimum Gasteiger partial charge on any atom is -0.393 e. The zero-order valence-corrected chi connectivity index (χ0v) is 38.7. The maximum absolute atomic E-state index is 9.35. The summed E-state index contributed by atoms with van der Waals surface area (Å²) < 4.78 is 23.9. The van der Waals surface area contributed by atoms with Crippen LogP contribution in [0, 0.1) is 23.7 Å². The predicted octanol–water partition coefficient (Wildman–Crippen LogP) is 13.8. The molecule has 0 unspecified atom stereocenters. The highest BCUT2D eigenvalue weighted by Crippen LogP contribution is 2.27. The molecule has 0 saturated heterocycles. The van der Waals surface area contributed by atoms with Gasteiger partial charge in [0.05, 0.1) is 61.0 Å². The van der Waals surface area contributed by atoms with Crippen molar-refractivity contribution in [1.29, 1.82) is 0 Å². The molecular weight excluding hydrogens is 697 g/mol. The van der Waals surface area contributed by atoms with Crippen molar-refractivity contribution >= 4 is 0 Å². The van der Waals surface area contributed by atoms with Crippen molar-refractivity contribution < 1.29 is 29.2 Å². The Balaban J connectivity index is 0.000000716. The Labute approximate surface area is 350 Å². The van der Waals surface area contributed by atoms with Crippen LogP contribution in [-0.2, 0) is 18.9 Å². The fourth-order valence-corrected chi connectivity index (χ4v) is 8.89. The average Bonchev–Trinajstić information content (AvgIpc) is 3.08. The van der Waals surface area contributed by atoms with Crippen molar-refractivity contribution in [3.63, 3.8) is 0 Å². The lowest BCUT2D eigenvalue weighted by Crippen LogP contribution is -2.28. The second-order valence-electron chi connectivity index (χ2n) is 19.9. The highest BCUT2D eigenvalue weighted by molar-refractivity contribution is 4.98. The van der Waals surface area contributed by atoms with Crippen molar-refractivity contribution in [2.45, 2.75) is 286 Å². The van der Waals surface area contributed by atoms with Crippen molar-refractivity contribution in [3.05, 3.63) is 12.2 Å². The van der Waals surface area contributed by atoms with E-state index in [4.69, 9.17) is 18.9 Å². The highest BCUT2D eigenvalue weighted by Gasteiger charge is 2.23. The minimum absolute atomic E-state index is 0. The third kappa shape index (κ3) is 30.5. The average molecular weight is 797 g/mol. The van der Waals surface area contributed by atoms with E-state index in [1.807, 2.05) is 0 Å². The largest absolute Gasteiger partial charge is 0.393 e. The van der Waals surface area contributed by atoms with Crippen LogP contribution >= 0.6 is 0 Å². The molecule has 0 aromatic rings. The number of hydrogen-bond donors (Lipinski definition) is 2. The van der Waals surface area contributed by atoms with Crippen molar-refractivity contribution in [1.82, 2.24) is 0 Å². The molecule has 0 radical (unpaired) electrons. The van der Waals surface area contributed by atoms with Crippen LogP contribution in [0.2, 0.25) is 0 Å². The van der Waals surface area contributed by atoms with Crippen molar-refractivity contribution in [2.24, 2.45) is 23.7 Å². The summed E-state index contributed by atoms with van der Waals surface area (Å²) in [5.41, 5.74) is 1.40. The molecular formula is C50H100O6. The summed E-state index contributed by atoms with van der Waals surface area (Å²) in [7, 11) is 0. The van der Waals surface area contributed by atoms with E-state index < -0.39 is 0 Å². The molecule has 4 rings (SSSR count). The summed E-state index contributed by atoms with van der Waals surface area (Å²) in [6, 6.07) is 0. The third-order valence-corrected chi connectivity index (χ3v) is 11.4.